The summed E-state index contributed by atoms with van der Waals surface area (Å²) in [6.07, 6.45) is 0. The summed E-state index contributed by atoms with van der Waals surface area (Å²) in [5.74, 6) is -0.336. The molecule has 0 aliphatic carbocycles. The molecule has 0 fully saturated rings. The quantitative estimate of drug-likeness (QED) is 0.869. The lowest BCUT2D eigenvalue weighted by Crippen LogP contribution is -2.22. The van der Waals surface area contributed by atoms with Crippen LogP contribution in [0.5, 0.6) is 0 Å². The lowest BCUT2D eigenvalue weighted by Gasteiger charge is -2.08. The molecule has 0 aliphatic rings. The molecule has 1 rings (SSSR count). The Labute approximate surface area is 105 Å². The van der Waals surface area contributed by atoms with E-state index >= 15 is 0 Å². The Kier molecular flexibility index (Phi) is 4.28. The summed E-state index contributed by atoms with van der Waals surface area (Å²) in [6, 6.07) is 0. The SMILES string of the molecule is CNC(=O)c1c(NC(=O)C(C)C)sc(C)c1C. The van der Waals surface area contributed by atoms with Crippen molar-refractivity contribution in [3.63, 3.8) is 0 Å². The van der Waals surface area contributed by atoms with E-state index in [1.165, 1.54) is 11.3 Å². The van der Waals surface area contributed by atoms with Gasteiger partial charge in [-0.05, 0) is 19.4 Å². The molecule has 0 aromatic carbocycles. The lowest BCUT2D eigenvalue weighted by molar-refractivity contribution is -0.118. The molecule has 4 nitrogen and oxygen atoms in total. The fourth-order valence-corrected chi connectivity index (χ4v) is 2.43. The van der Waals surface area contributed by atoms with Gasteiger partial charge in [-0.3, -0.25) is 9.59 Å². The summed E-state index contributed by atoms with van der Waals surface area (Å²) in [7, 11) is 1.59. The molecule has 0 saturated heterocycles. The van der Waals surface area contributed by atoms with Crippen LogP contribution in [0.4, 0.5) is 5.00 Å². The van der Waals surface area contributed by atoms with Gasteiger partial charge in [-0.25, -0.2) is 0 Å². The minimum absolute atomic E-state index is 0.0728. The Balaban J connectivity index is 3.11. The number of thiophene rings is 1. The highest BCUT2D eigenvalue weighted by molar-refractivity contribution is 7.16. The molecular weight excluding hydrogens is 236 g/mol. The molecule has 1 aromatic rings. The summed E-state index contributed by atoms with van der Waals surface area (Å²) in [5, 5.41) is 6.04. The van der Waals surface area contributed by atoms with Crippen LogP contribution < -0.4 is 10.6 Å². The molecule has 0 atom stereocenters. The van der Waals surface area contributed by atoms with Gasteiger partial charge in [-0.15, -0.1) is 11.3 Å². The standard InChI is InChI=1S/C12H18N2O2S/c1-6(2)10(15)14-12-9(11(16)13-5)7(3)8(4)17-12/h6H,1-5H3,(H,13,16)(H,14,15). The van der Waals surface area contributed by atoms with E-state index in [1.54, 1.807) is 7.05 Å². The summed E-state index contributed by atoms with van der Waals surface area (Å²) in [6.45, 7) is 7.48. The van der Waals surface area contributed by atoms with E-state index in [0.717, 1.165) is 10.4 Å². The number of carbonyl (C=O) groups excluding carboxylic acids is 2. The first-order chi connectivity index (χ1) is 7.88. The van der Waals surface area contributed by atoms with Crippen molar-refractivity contribution < 1.29 is 9.59 Å². The van der Waals surface area contributed by atoms with Crippen LogP contribution >= 0.6 is 11.3 Å². The molecule has 0 aliphatic heterocycles. The Morgan fingerprint density at radius 1 is 1.24 bits per heavy atom. The third-order valence-electron chi connectivity index (χ3n) is 2.60. The van der Waals surface area contributed by atoms with Gasteiger partial charge < -0.3 is 10.6 Å². The molecule has 0 unspecified atom stereocenters. The van der Waals surface area contributed by atoms with Crippen LogP contribution in [0.15, 0.2) is 0 Å². The second-order valence-electron chi connectivity index (χ2n) is 4.21. The Bertz CT molecular complexity index is 450. The molecule has 17 heavy (non-hydrogen) atoms. The second-order valence-corrected chi connectivity index (χ2v) is 5.44. The normalized spacial score (nSPS) is 10.5. The number of aryl methyl sites for hydroxylation is 1. The van der Waals surface area contributed by atoms with Crippen LogP contribution in [0.2, 0.25) is 0 Å². The minimum atomic E-state index is -0.161. The first-order valence-corrected chi connectivity index (χ1v) is 6.33. The van der Waals surface area contributed by atoms with E-state index in [0.29, 0.717) is 10.6 Å². The zero-order chi connectivity index (χ0) is 13.2. The Hall–Kier alpha value is -1.36. The lowest BCUT2D eigenvalue weighted by atomic mass is 10.1. The number of hydrogen-bond acceptors (Lipinski definition) is 3. The maximum Gasteiger partial charge on any atom is 0.254 e. The minimum Gasteiger partial charge on any atom is -0.355 e. The van der Waals surface area contributed by atoms with Gasteiger partial charge in [0.1, 0.15) is 5.00 Å². The second kappa shape index (κ2) is 5.31. The number of anilines is 1. The van der Waals surface area contributed by atoms with E-state index in [2.05, 4.69) is 10.6 Å². The third-order valence-corrected chi connectivity index (χ3v) is 3.72. The number of hydrogen-bond donors (Lipinski definition) is 2. The summed E-state index contributed by atoms with van der Waals surface area (Å²) >= 11 is 1.44. The predicted molar refractivity (Wildman–Crippen MR) is 70.7 cm³/mol. The summed E-state index contributed by atoms with van der Waals surface area (Å²) in [4.78, 5) is 24.5. The largest absolute Gasteiger partial charge is 0.355 e. The van der Waals surface area contributed by atoms with Crippen LogP contribution in [0.25, 0.3) is 0 Å². The Morgan fingerprint density at radius 2 is 1.82 bits per heavy atom. The number of carbonyl (C=O) groups is 2. The van der Waals surface area contributed by atoms with Crippen molar-refractivity contribution >= 4 is 28.2 Å². The van der Waals surface area contributed by atoms with E-state index in [1.807, 2.05) is 27.7 Å². The summed E-state index contributed by atoms with van der Waals surface area (Å²) < 4.78 is 0. The molecule has 5 heteroatoms. The van der Waals surface area contributed by atoms with Crippen molar-refractivity contribution in [2.45, 2.75) is 27.7 Å². The van der Waals surface area contributed by atoms with Gasteiger partial charge in [0.05, 0.1) is 5.56 Å². The zero-order valence-corrected chi connectivity index (χ0v) is 11.6. The van der Waals surface area contributed by atoms with Crippen molar-refractivity contribution in [3.8, 4) is 0 Å². The highest BCUT2D eigenvalue weighted by Crippen LogP contribution is 2.32. The van der Waals surface area contributed by atoms with Crippen LogP contribution in [0.3, 0.4) is 0 Å². The smallest absolute Gasteiger partial charge is 0.254 e. The number of rotatable bonds is 3. The maximum atomic E-state index is 11.8. The number of nitrogens with one attached hydrogen (secondary N) is 2. The van der Waals surface area contributed by atoms with E-state index in [-0.39, 0.29) is 17.7 Å². The number of amides is 2. The molecule has 2 amide bonds. The van der Waals surface area contributed by atoms with Crippen molar-refractivity contribution in [3.05, 3.63) is 16.0 Å². The molecule has 1 aromatic heterocycles. The van der Waals surface area contributed by atoms with E-state index in [4.69, 9.17) is 0 Å². The molecule has 2 N–H and O–H groups in total. The molecule has 94 valence electrons. The zero-order valence-electron chi connectivity index (χ0n) is 10.8. The van der Waals surface area contributed by atoms with Crippen LogP contribution in [-0.2, 0) is 4.79 Å². The third kappa shape index (κ3) is 2.85. The van der Waals surface area contributed by atoms with Crippen molar-refractivity contribution in [1.29, 1.82) is 0 Å². The molecule has 0 bridgehead atoms. The van der Waals surface area contributed by atoms with Gasteiger partial charge in [0.15, 0.2) is 0 Å². The fourth-order valence-electron chi connectivity index (χ4n) is 1.37. The summed E-state index contributed by atoms with van der Waals surface area (Å²) in [5.41, 5.74) is 1.50. The van der Waals surface area contributed by atoms with Gasteiger partial charge in [0, 0.05) is 17.8 Å². The molecule has 0 saturated carbocycles. The Morgan fingerprint density at radius 3 is 2.29 bits per heavy atom. The van der Waals surface area contributed by atoms with Crippen LogP contribution in [0.1, 0.15) is 34.6 Å². The maximum absolute atomic E-state index is 11.8. The monoisotopic (exact) mass is 254 g/mol. The van der Waals surface area contributed by atoms with Gasteiger partial charge in [0.25, 0.3) is 5.91 Å². The predicted octanol–water partition coefficient (Wildman–Crippen LogP) is 2.32. The molecule has 0 spiro atoms. The fraction of sp³-hybridized carbons (Fsp3) is 0.500. The van der Waals surface area contributed by atoms with Gasteiger partial charge in [0.2, 0.25) is 5.91 Å². The molecule has 0 radical (unpaired) electrons. The average Bonchev–Trinajstić information content (AvgIpc) is 2.53. The highest BCUT2D eigenvalue weighted by Gasteiger charge is 2.20. The van der Waals surface area contributed by atoms with Gasteiger partial charge in [-0.1, -0.05) is 13.8 Å². The van der Waals surface area contributed by atoms with Crippen molar-refractivity contribution in [2.75, 3.05) is 12.4 Å². The molecule has 1 heterocycles. The average molecular weight is 254 g/mol. The van der Waals surface area contributed by atoms with Crippen LogP contribution in [0, 0.1) is 19.8 Å². The highest BCUT2D eigenvalue weighted by atomic mass is 32.1. The van der Waals surface area contributed by atoms with Crippen molar-refractivity contribution in [1.82, 2.24) is 5.32 Å². The van der Waals surface area contributed by atoms with Gasteiger partial charge >= 0.3 is 0 Å². The van der Waals surface area contributed by atoms with Crippen molar-refractivity contribution in [2.24, 2.45) is 5.92 Å². The topological polar surface area (TPSA) is 58.2 Å². The van der Waals surface area contributed by atoms with Crippen LogP contribution in [-0.4, -0.2) is 18.9 Å². The van der Waals surface area contributed by atoms with E-state index in [9.17, 15) is 9.59 Å². The van der Waals surface area contributed by atoms with E-state index < -0.39 is 0 Å². The first-order valence-electron chi connectivity index (χ1n) is 5.51. The van der Waals surface area contributed by atoms with Gasteiger partial charge in [-0.2, -0.15) is 0 Å². The first kappa shape index (κ1) is 13.7. The molecular formula is C12H18N2O2S.